The maximum Gasteiger partial charge on any atom is 0.132 e. The molecule has 0 saturated heterocycles. The van der Waals surface area contributed by atoms with E-state index in [4.69, 9.17) is 0 Å². The first-order valence-corrected chi connectivity index (χ1v) is 11.3. The summed E-state index contributed by atoms with van der Waals surface area (Å²) in [5.41, 5.74) is 1.31. The third-order valence-corrected chi connectivity index (χ3v) is 6.16. The van der Waals surface area contributed by atoms with Crippen LogP contribution in [0, 0.1) is 17.5 Å². The fourth-order valence-corrected chi connectivity index (χ4v) is 4.41. The van der Waals surface area contributed by atoms with E-state index >= 15 is 8.78 Å². The highest BCUT2D eigenvalue weighted by atomic mass is 19.1. The van der Waals surface area contributed by atoms with Crippen LogP contribution in [0.5, 0.6) is 0 Å². The molecule has 0 aliphatic carbocycles. The molecule has 2 unspecified atom stereocenters. The molecule has 0 fully saturated rings. The van der Waals surface area contributed by atoms with Gasteiger partial charge in [0.2, 0.25) is 0 Å². The molecule has 0 nitrogen and oxygen atoms in total. The number of fused-ring (bicyclic) bond motifs is 1. The van der Waals surface area contributed by atoms with E-state index in [0.717, 1.165) is 48.2 Å². The number of unbranched alkanes of at least 4 members (excludes halogenated alkanes) is 2. The van der Waals surface area contributed by atoms with E-state index in [0.29, 0.717) is 17.5 Å². The molecule has 4 rings (SSSR count). The van der Waals surface area contributed by atoms with Crippen molar-refractivity contribution in [3.63, 3.8) is 0 Å². The molecule has 0 N–H and O–H groups in total. The minimum atomic E-state index is -1.30. The van der Waals surface area contributed by atoms with Crippen LogP contribution in [0.4, 0.5) is 17.6 Å². The van der Waals surface area contributed by atoms with E-state index < -0.39 is 29.5 Å². The number of halogens is 4. The Morgan fingerprint density at radius 3 is 2.09 bits per heavy atom. The monoisotopic (exact) mass is 450 g/mol. The summed E-state index contributed by atoms with van der Waals surface area (Å²) in [5.74, 6) is -2.69. The summed E-state index contributed by atoms with van der Waals surface area (Å²) in [5, 5.41) is 1.99. The molecule has 0 radical (unpaired) electrons. The van der Waals surface area contributed by atoms with Gasteiger partial charge in [0.25, 0.3) is 0 Å². The van der Waals surface area contributed by atoms with Gasteiger partial charge in [-0.05, 0) is 58.1 Å². The topological polar surface area (TPSA) is 0 Å². The lowest BCUT2D eigenvalue weighted by Gasteiger charge is -2.23. The van der Waals surface area contributed by atoms with Crippen molar-refractivity contribution in [2.24, 2.45) is 0 Å². The van der Waals surface area contributed by atoms with Crippen LogP contribution >= 0.6 is 0 Å². The Morgan fingerprint density at radius 2 is 1.39 bits per heavy atom. The van der Waals surface area contributed by atoms with Gasteiger partial charge in [0.15, 0.2) is 0 Å². The predicted octanol–water partition coefficient (Wildman–Crippen LogP) is 9.30. The Bertz CT molecular complexity index is 1230. The number of rotatable bonds is 8. The van der Waals surface area contributed by atoms with Crippen molar-refractivity contribution in [3.8, 4) is 11.1 Å². The smallest absolute Gasteiger partial charge is 0.132 e. The summed E-state index contributed by atoms with van der Waals surface area (Å²) in [4.78, 5) is 0. The molecule has 4 aromatic carbocycles. The molecule has 4 aromatic rings. The summed E-state index contributed by atoms with van der Waals surface area (Å²) in [6.45, 7) is 2.08. The van der Waals surface area contributed by atoms with E-state index in [-0.39, 0.29) is 11.1 Å². The summed E-state index contributed by atoms with van der Waals surface area (Å²) in [6.07, 6.45) is 2.06. The molecule has 0 aliphatic heterocycles. The van der Waals surface area contributed by atoms with Gasteiger partial charge in [0.1, 0.15) is 23.6 Å². The molecule has 0 aliphatic rings. The molecule has 0 saturated carbocycles. The van der Waals surface area contributed by atoms with Gasteiger partial charge in [-0.2, -0.15) is 0 Å². The number of benzene rings is 4. The second-order valence-electron chi connectivity index (χ2n) is 8.51. The molecular formula is C29H26F4. The lowest BCUT2D eigenvalue weighted by molar-refractivity contribution is 0.273. The summed E-state index contributed by atoms with van der Waals surface area (Å²) < 4.78 is 58.2. The molecule has 2 atom stereocenters. The van der Waals surface area contributed by atoms with Gasteiger partial charge in [-0.3, -0.25) is 0 Å². The molecule has 4 heteroatoms. The van der Waals surface area contributed by atoms with Crippen LogP contribution in [-0.4, -0.2) is 0 Å². The van der Waals surface area contributed by atoms with E-state index in [2.05, 4.69) is 6.92 Å². The van der Waals surface area contributed by atoms with Crippen LogP contribution in [0.1, 0.15) is 55.8 Å². The van der Waals surface area contributed by atoms with Crippen LogP contribution in [-0.2, 0) is 0 Å². The van der Waals surface area contributed by atoms with Gasteiger partial charge in [-0.25, -0.2) is 17.6 Å². The third kappa shape index (κ3) is 5.27. The van der Waals surface area contributed by atoms with Crippen LogP contribution < -0.4 is 0 Å². The zero-order chi connectivity index (χ0) is 23.4. The molecule has 0 bridgehead atoms. The standard InChI is InChI=1S/C29H26F4/c1-2-3-4-9-27(29(33)22-11-10-19-7-5-6-8-20(19)14-22)21-12-13-26(28(32)17-21)23-15-24(30)18-25(31)16-23/h5-8,10-18,27,29H,2-4,9H2,1H3. The third-order valence-electron chi connectivity index (χ3n) is 6.16. The second kappa shape index (κ2) is 10.2. The summed E-state index contributed by atoms with van der Waals surface area (Å²) in [6, 6.07) is 20.7. The van der Waals surface area contributed by atoms with E-state index in [9.17, 15) is 8.78 Å². The normalized spacial score (nSPS) is 13.2. The van der Waals surface area contributed by atoms with Gasteiger partial charge in [0.05, 0.1) is 0 Å². The fourth-order valence-electron chi connectivity index (χ4n) is 4.41. The van der Waals surface area contributed by atoms with Crippen LogP contribution in [0.15, 0.2) is 78.9 Å². The SMILES string of the molecule is CCCCCC(c1ccc(-c2cc(F)cc(F)c2)c(F)c1)C(F)c1ccc2ccccc2c1. The van der Waals surface area contributed by atoms with Gasteiger partial charge < -0.3 is 0 Å². The number of hydrogen-bond acceptors (Lipinski definition) is 0. The van der Waals surface area contributed by atoms with Crippen molar-refractivity contribution in [1.82, 2.24) is 0 Å². The molecule has 0 heterocycles. The maximum absolute atomic E-state index is 15.9. The fraction of sp³-hybridized carbons (Fsp3) is 0.241. The minimum absolute atomic E-state index is 0.0885. The molecule has 0 aromatic heterocycles. The highest BCUT2D eigenvalue weighted by Crippen LogP contribution is 2.40. The van der Waals surface area contributed by atoms with E-state index in [1.165, 1.54) is 12.1 Å². The van der Waals surface area contributed by atoms with Gasteiger partial charge in [0, 0.05) is 17.5 Å². The summed E-state index contributed by atoms with van der Waals surface area (Å²) in [7, 11) is 0. The van der Waals surface area contributed by atoms with Gasteiger partial charge in [-0.15, -0.1) is 0 Å². The lowest BCUT2D eigenvalue weighted by atomic mass is 9.84. The first-order chi connectivity index (χ1) is 16.0. The van der Waals surface area contributed by atoms with Crippen molar-refractivity contribution in [1.29, 1.82) is 0 Å². The Balaban J connectivity index is 1.69. The zero-order valence-corrected chi connectivity index (χ0v) is 18.5. The lowest BCUT2D eigenvalue weighted by Crippen LogP contribution is -2.09. The van der Waals surface area contributed by atoms with Gasteiger partial charge >= 0.3 is 0 Å². The quantitative estimate of drug-likeness (QED) is 0.185. The molecule has 33 heavy (non-hydrogen) atoms. The molecule has 170 valence electrons. The Labute approximate surface area is 191 Å². The van der Waals surface area contributed by atoms with Crippen LogP contribution in [0.3, 0.4) is 0 Å². The van der Waals surface area contributed by atoms with Crippen molar-refractivity contribution >= 4 is 10.8 Å². The average Bonchev–Trinajstić information content (AvgIpc) is 2.80. The van der Waals surface area contributed by atoms with E-state index in [1.807, 2.05) is 36.4 Å². The zero-order valence-electron chi connectivity index (χ0n) is 18.5. The minimum Gasteiger partial charge on any atom is -0.242 e. The van der Waals surface area contributed by atoms with Crippen molar-refractivity contribution in [2.45, 2.75) is 44.7 Å². The van der Waals surface area contributed by atoms with Crippen molar-refractivity contribution < 1.29 is 17.6 Å². The van der Waals surface area contributed by atoms with E-state index in [1.54, 1.807) is 12.1 Å². The van der Waals surface area contributed by atoms with Crippen molar-refractivity contribution in [3.05, 3.63) is 107 Å². The first-order valence-electron chi connectivity index (χ1n) is 11.3. The molecule has 0 spiro atoms. The average molecular weight is 451 g/mol. The Morgan fingerprint density at radius 1 is 0.697 bits per heavy atom. The molecular weight excluding hydrogens is 424 g/mol. The largest absolute Gasteiger partial charge is 0.242 e. The van der Waals surface area contributed by atoms with Crippen LogP contribution in [0.2, 0.25) is 0 Å². The van der Waals surface area contributed by atoms with Crippen LogP contribution in [0.25, 0.3) is 21.9 Å². The highest BCUT2D eigenvalue weighted by Gasteiger charge is 2.25. The highest BCUT2D eigenvalue weighted by molar-refractivity contribution is 5.83. The first kappa shape index (κ1) is 23.0. The Hall–Kier alpha value is -3.14. The number of alkyl halides is 1. The van der Waals surface area contributed by atoms with Crippen molar-refractivity contribution in [2.75, 3.05) is 0 Å². The molecule has 0 amide bonds. The second-order valence-corrected chi connectivity index (χ2v) is 8.51. The van der Waals surface area contributed by atoms with Gasteiger partial charge in [-0.1, -0.05) is 74.7 Å². The Kier molecular flexibility index (Phi) is 7.12. The predicted molar refractivity (Wildman–Crippen MR) is 126 cm³/mol. The maximum atomic E-state index is 15.9. The number of hydrogen-bond donors (Lipinski definition) is 0. The summed E-state index contributed by atoms with van der Waals surface area (Å²) >= 11 is 0.